The molecule has 7 heteroatoms. The van der Waals surface area contributed by atoms with Crippen LogP contribution in [0.5, 0.6) is 0 Å². The smallest absolute Gasteiger partial charge is 0.163 e. The lowest BCUT2D eigenvalue weighted by Gasteiger charge is -2.38. The molecule has 0 saturated carbocycles. The standard InChI is InChI=1S/C25H27FN6/c1-17-14-23-27-8-9-32(23)16-22(17)25-28-18(2)15-24(29-25)31-12-10-30(11-13-31)19(3)20-4-6-21(26)7-5-20/h4-9,14-16,19H,10-13H2,1-3H3. The molecule has 1 saturated heterocycles. The lowest BCUT2D eigenvalue weighted by Crippen LogP contribution is -2.47. The van der Waals surface area contributed by atoms with Crippen LogP contribution < -0.4 is 4.90 Å². The number of halogens is 1. The van der Waals surface area contributed by atoms with Crippen LogP contribution in [0.3, 0.4) is 0 Å². The minimum absolute atomic E-state index is 0.192. The number of imidazole rings is 1. The third-order valence-corrected chi connectivity index (χ3v) is 6.36. The number of piperazine rings is 1. The van der Waals surface area contributed by atoms with Gasteiger partial charge >= 0.3 is 0 Å². The third kappa shape index (κ3) is 3.96. The van der Waals surface area contributed by atoms with Crippen LogP contribution in [-0.2, 0) is 0 Å². The molecule has 0 bridgehead atoms. The largest absolute Gasteiger partial charge is 0.354 e. The highest BCUT2D eigenvalue weighted by Gasteiger charge is 2.23. The monoisotopic (exact) mass is 430 g/mol. The molecule has 0 radical (unpaired) electrons. The Kier molecular flexibility index (Phi) is 5.35. The Balaban J connectivity index is 1.35. The van der Waals surface area contributed by atoms with Crippen molar-refractivity contribution in [2.45, 2.75) is 26.8 Å². The fourth-order valence-corrected chi connectivity index (χ4v) is 4.42. The average molecular weight is 431 g/mol. The number of anilines is 1. The lowest BCUT2D eigenvalue weighted by molar-refractivity contribution is 0.198. The van der Waals surface area contributed by atoms with Gasteiger partial charge < -0.3 is 9.30 Å². The van der Waals surface area contributed by atoms with Crippen LogP contribution in [0.15, 0.2) is 55.0 Å². The number of nitrogens with zero attached hydrogens (tertiary/aromatic N) is 6. The number of pyridine rings is 1. The summed E-state index contributed by atoms with van der Waals surface area (Å²) in [5.41, 5.74) is 5.15. The lowest BCUT2D eigenvalue weighted by atomic mass is 10.1. The molecule has 1 fully saturated rings. The van der Waals surface area contributed by atoms with Gasteiger partial charge in [-0.1, -0.05) is 12.1 Å². The average Bonchev–Trinajstić information content (AvgIpc) is 3.25. The fourth-order valence-electron chi connectivity index (χ4n) is 4.42. The summed E-state index contributed by atoms with van der Waals surface area (Å²) >= 11 is 0. The van der Waals surface area contributed by atoms with Crippen molar-refractivity contribution in [1.82, 2.24) is 24.3 Å². The zero-order valence-electron chi connectivity index (χ0n) is 18.7. The molecule has 1 atom stereocenters. The fraction of sp³-hybridized carbons (Fsp3) is 0.320. The Morgan fingerprint density at radius 1 is 0.969 bits per heavy atom. The SMILES string of the molecule is Cc1cc(N2CCN(C(C)c3ccc(F)cc3)CC2)nc(-c2cn3ccnc3cc2C)n1. The van der Waals surface area contributed by atoms with Crippen molar-refractivity contribution in [3.63, 3.8) is 0 Å². The van der Waals surface area contributed by atoms with Gasteiger partial charge in [0.15, 0.2) is 5.82 Å². The maximum absolute atomic E-state index is 13.3. The summed E-state index contributed by atoms with van der Waals surface area (Å²) in [5.74, 6) is 1.52. The van der Waals surface area contributed by atoms with Crippen LogP contribution in [-0.4, -0.2) is 50.4 Å². The molecule has 32 heavy (non-hydrogen) atoms. The molecule has 4 heterocycles. The molecular weight excluding hydrogens is 403 g/mol. The number of hydrogen-bond acceptors (Lipinski definition) is 5. The summed E-state index contributed by atoms with van der Waals surface area (Å²) in [5, 5.41) is 0. The number of benzene rings is 1. The molecule has 1 aliphatic heterocycles. The van der Waals surface area contributed by atoms with E-state index in [1.807, 2.05) is 29.7 Å². The van der Waals surface area contributed by atoms with E-state index in [4.69, 9.17) is 9.97 Å². The van der Waals surface area contributed by atoms with Gasteiger partial charge in [-0.2, -0.15) is 0 Å². The second-order valence-electron chi connectivity index (χ2n) is 8.50. The van der Waals surface area contributed by atoms with Crippen molar-refractivity contribution in [3.05, 3.63) is 77.6 Å². The number of aromatic nitrogens is 4. The highest BCUT2D eigenvalue weighted by molar-refractivity contribution is 5.64. The molecule has 4 aromatic rings. The van der Waals surface area contributed by atoms with Gasteiger partial charge in [-0.05, 0) is 50.1 Å². The van der Waals surface area contributed by atoms with Gasteiger partial charge in [-0.25, -0.2) is 19.3 Å². The van der Waals surface area contributed by atoms with Gasteiger partial charge in [-0.15, -0.1) is 0 Å². The Labute approximate surface area is 187 Å². The first-order chi connectivity index (χ1) is 15.5. The molecule has 1 aliphatic rings. The maximum atomic E-state index is 13.3. The topological polar surface area (TPSA) is 49.6 Å². The van der Waals surface area contributed by atoms with Crippen molar-refractivity contribution in [2.75, 3.05) is 31.1 Å². The van der Waals surface area contributed by atoms with Gasteiger partial charge in [0, 0.05) is 68.1 Å². The summed E-state index contributed by atoms with van der Waals surface area (Å²) in [7, 11) is 0. The van der Waals surface area contributed by atoms with E-state index in [-0.39, 0.29) is 11.9 Å². The number of aryl methyl sites for hydroxylation is 2. The zero-order chi connectivity index (χ0) is 22.2. The minimum Gasteiger partial charge on any atom is -0.354 e. The molecule has 1 aromatic carbocycles. The summed E-state index contributed by atoms with van der Waals surface area (Å²) in [4.78, 5) is 18.8. The quantitative estimate of drug-likeness (QED) is 0.479. The highest BCUT2D eigenvalue weighted by Crippen LogP contribution is 2.27. The minimum atomic E-state index is -0.192. The van der Waals surface area contributed by atoms with Gasteiger partial charge in [0.05, 0.1) is 0 Å². The first kappa shape index (κ1) is 20.6. The van der Waals surface area contributed by atoms with Gasteiger partial charge in [0.2, 0.25) is 0 Å². The molecule has 3 aromatic heterocycles. The van der Waals surface area contributed by atoms with E-state index in [2.05, 4.69) is 47.0 Å². The molecule has 164 valence electrons. The second kappa shape index (κ2) is 8.31. The van der Waals surface area contributed by atoms with E-state index < -0.39 is 0 Å². The second-order valence-corrected chi connectivity index (χ2v) is 8.50. The summed E-state index contributed by atoms with van der Waals surface area (Å²) in [6, 6.07) is 11.2. The van der Waals surface area contributed by atoms with Crippen LogP contribution in [0.1, 0.15) is 29.8 Å². The van der Waals surface area contributed by atoms with Crippen molar-refractivity contribution >= 4 is 11.5 Å². The first-order valence-electron chi connectivity index (χ1n) is 11.0. The van der Waals surface area contributed by atoms with Gasteiger partial charge in [0.25, 0.3) is 0 Å². The molecule has 0 aliphatic carbocycles. The van der Waals surface area contributed by atoms with Crippen molar-refractivity contribution in [1.29, 1.82) is 0 Å². The molecular formula is C25H27FN6. The highest BCUT2D eigenvalue weighted by atomic mass is 19.1. The normalized spacial score (nSPS) is 15.9. The summed E-state index contributed by atoms with van der Waals surface area (Å²) in [6.07, 6.45) is 5.79. The molecule has 0 amide bonds. The number of hydrogen-bond donors (Lipinski definition) is 0. The third-order valence-electron chi connectivity index (χ3n) is 6.36. The molecule has 5 rings (SSSR count). The van der Waals surface area contributed by atoms with Crippen molar-refractivity contribution in [2.24, 2.45) is 0 Å². The van der Waals surface area contributed by atoms with Gasteiger partial charge in [0.1, 0.15) is 17.3 Å². The summed E-state index contributed by atoms with van der Waals surface area (Å²) in [6.45, 7) is 9.91. The summed E-state index contributed by atoms with van der Waals surface area (Å²) < 4.78 is 15.3. The van der Waals surface area contributed by atoms with E-state index in [0.29, 0.717) is 0 Å². The van der Waals surface area contributed by atoms with E-state index in [9.17, 15) is 4.39 Å². The van der Waals surface area contributed by atoms with E-state index in [0.717, 1.165) is 65.9 Å². The Morgan fingerprint density at radius 2 is 1.72 bits per heavy atom. The van der Waals surface area contributed by atoms with E-state index >= 15 is 0 Å². The van der Waals surface area contributed by atoms with Crippen LogP contribution in [0.25, 0.3) is 17.0 Å². The van der Waals surface area contributed by atoms with Crippen LogP contribution in [0, 0.1) is 19.7 Å². The number of fused-ring (bicyclic) bond motifs is 1. The molecule has 0 N–H and O–H groups in total. The van der Waals surface area contributed by atoms with Crippen LogP contribution >= 0.6 is 0 Å². The Bertz CT molecular complexity index is 1240. The van der Waals surface area contributed by atoms with E-state index in [1.54, 1.807) is 6.20 Å². The van der Waals surface area contributed by atoms with Crippen LogP contribution in [0.2, 0.25) is 0 Å². The first-order valence-corrected chi connectivity index (χ1v) is 11.0. The Hall–Kier alpha value is -3.32. The van der Waals surface area contributed by atoms with Gasteiger partial charge in [-0.3, -0.25) is 4.90 Å². The Morgan fingerprint density at radius 3 is 2.47 bits per heavy atom. The van der Waals surface area contributed by atoms with E-state index in [1.165, 1.54) is 12.1 Å². The zero-order valence-corrected chi connectivity index (χ0v) is 18.7. The van der Waals surface area contributed by atoms with Crippen molar-refractivity contribution in [3.8, 4) is 11.4 Å². The van der Waals surface area contributed by atoms with Crippen molar-refractivity contribution < 1.29 is 4.39 Å². The van der Waals surface area contributed by atoms with Crippen LogP contribution in [0.4, 0.5) is 10.2 Å². The predicted molar refractivity (Wildman–Crippen MR) is 124 cm³/mol. The molecule has 6 nitrogen and oxygen atoms in total. The number of rotatable bonds is 4. The predicted octanol–water partition coefficient (Wildman–Crippen LogP) is 4.43. The molecule has 0 spiro atoms. The molecule has 1 unspecified atom stereocenters. The maximum Gasteiger partial charge on any atom is 0.163 e.